The van der Waals surface area contributed by atoms with E-state index in [1.54, 1.807) is 13.8 Å². The third kappa shape index (κ3) is 7.21. The Balaban J connectivity index is 4.76. The number of Topliss-reactive ketones (excluding diaryl/α,β-unsaturated/α-hetero) is 1. The van der Waals surface area contributed by atoms with Gasteiger partial charge in [0.1, 0.15) is 11.2 Å². The third-order valence-corrected chi connectivity index (χ3v) is 3.06. The fourth-order valence-corrected chi connectivity index (χ4v) is 1.99. The molecule has 116 valence electrons. The number of ether oxygens (including phenoxy) is 1. The molecule has 1 unspecified atom stereocenters. The topological polar surface area (TPSA) is 86.5 Å². The van der Waals surface area contributed by atoms with Gasteiger partial charge in [0.15, 0.2) is 0 Å². The van der Waals surface area contributed by atoms with Gasteiger partial charge in [-0.1, -0.05) is 19.8 Å². The van der Waals surface area contributed by atoms with Gasteiger partial charge in [-0.05, 0) is 27.2 Å². The summed E-state index contributed by atoms with van der Waals surface area (Å²) >= 11 is 0. The molecule has 0 radical (unpaired) electrons. The van der Waals surface area contributed by atoms with Crippen LogP contribution in [0.5, 0.6) is 0 Å². The highest BCUT2D eigenvalue weighted by molar-refractivity contribution is 5.88. The number of carbonyl (C=O) groups excluding carboxylic acids is 2. The second kappa shape index (κ2) is 8.66. The van der Waals surface area contributed by atoms with E-state index in [4.69, 9.17) is 4.74 Å². The summed E-state index contributed by atoms with van der Waals surface area (Å²) in [6, 6.07) is 0. The highest BCUT2D eigenvalue weighted by Gasteiger charge is 2.40. The lowest BCUT2D eigenvalue weighted by Crippen LogP contribution is -2.38. The highest BCUT2D eigenvalue weighted by Crippen LogP contribution is 2.27. The molecule has 0 aliphatic rings. The van der Waals surface area contributed by atoms with Crippen LogP contribution in [-0.2, 0) is 14.3 Å². The first-order chi connectivity index (χ1) is 9.21. The minimum absolute atomic E-state index is 0.233. The molecular formula is C14H25NO5. The Hall–Kier alpha value is -1.46. The first kappa shape index (κ1) is 18.5. The summed E-state index contributed by atoms with van der Waals surface area (Å²) in [7, 11) is 0. The van der Waals surface area contributed by atoms with Crippen LogP contribution in [0.1, 0.15) is 59.8 Å². The smallest absolute Gasteiger partial charge is 0.307 e. The van der Waals surface area contributed by atoms with E-state index in [0.29, 0.717) is 6.42 Å². The van der Waals surface area contributed by atoms with Gasteiger partial charge in [0.05, 0.1) is 12.5 Å². The zero-order chi connectivity index (χ0) is 15.8. The molecule has 0 N–H and O–H groups in total. The van der Waals surface area contributed by atoms with Crippen molar-refractivity contribution in [3.63, 3.8) is 0 Å². The van der Waals surface area contributed by atoms with E-state index in [0.717, 1.165) is 12.8 Å². The molecule has 0 bridgehead atoms. The Labute approximate surface area is 120 Å². The molecule has 6 nitrogen and oxygen atoms in total. The molecule has 0 aliphatic heterocycles. The maximum Gasteiger partial charge on any atom is 0.307 e. The summed E-state index contributed by atoms with van der Waals surface area (Å²) in [6.07, 6.45) is 2.30. The summed E-state index contributed by atoms with van der Waals surface area (Å²) in [5.41, 5.74) is -1.27. The number of ketones is 1. The van der Waals surface area contributed by atoms with E-state index in [-0.39, 0.29) is 24.7 Å². The van der Waals surface area contributed by atoms with Gasteiger partial charge in [-0.2, -0.15) is 0 Å². The van der Waals surface area contributed by atoms with Crippen LogP contribution < -0.4 is 0 Å². The number of hydrogen-bond donors (Lipinski definition) is 0. The molecule has 0 aromatic heterocycles. The van der Waals surface area contributed by atoms with Crippen molar-refractivity contribution in [2.45, 2.75) is 65.9 Å². The Morgan fingerprint density at radius 2 is 1.90 bits per heavy atom. The van der Waals surface area contributed by atoms with Crippen molar-refractivity contribution in [3.05, 3.63) is 10.1 Å². The molecule has 6 heteroatoms. The predicted molar refractivity (Wildman–Crippen MR) is 75.0 cm³/mol. The van der Waals surface area contributed by atoms with Crippen LogP contribution in [0.2, 0.25) is 0 Å². The molecule has 0 fully saturated rings. The number of nitrogens with zero attached hydrogens (tertiary/aromatic N) is 1. The monoisotopic (exact) mass is 287 g/mol. The minimum atomic E-state index is -1.27. The molecular weight excluding hydrogens is 262 g/mol. The maximum absolute atomic E-state index is 12.2. The fourth-order valence-electron chi connectivity index (χ4n) is 1.99. The van der Waals surface area contributed by atoms with Crippen molar-refractivity contribution in [2.24, 2.45) is 5.41 Å². The number of rotatable bonds is 10. The summed E-state index contributed by atoms with van der Waals surface area (Å²) in [6.45, 7) is 6.36. The van der Waals surface area contributed by atoms with E-state index < -0.39 is 22.9 Å². The van der Waals surface area contributed by atoms with Crippen LogP contribution in [0.25, 0.3) is 0 Å². The van der Waals surface area contributed by atoms with Crippen molar-refractivity contribution >= 4 is 11.8 Å². The van der Waals surface area contributed by atoms with Gasteiger partial charge in [-0.3, -0.25) is 19.7 Å². The summed E-state index contributed by atoms with van der Waals surface area (Å²) in [5.74, 6) is -0.795. The van der Waals surface area contributed by atoms with Crippen LogP contribution in [0, 0.1) is 15.5 Å². The SMILES string of the molecule is CCCCCC(=O)C(C)(CC(=O)OC(C)C)C[N+](=O)[O-]. The van der Waals surface area contributed by atoms with E-state index in [2.05, 4.69) is 0 Å². The van der Waals surface area contributed by atoms with Gasteiger partial charge in [0.25, 0.3) is 0 Å². The minimum Gasteiger partial charge on any atom is -0.463 e. The fraction of sp³-hybridized carbons (Fsp3) is 0.857. The van der Waals surface area contributed by atoms with E-state index >= 15 is 0 Å². The average molecular weight is 287 g/mol. The predicted octanol–water partition coefficient (Wildman–Crippen LogP) is 2.76. The molecule has 1 atom stereocenters. The summed E-state index contributed by atoms with van der Waals surface area (Å²) in [4.78, 5) is 34.1. The number of esters is 1. The average Bonchev–Trinajstić information content (AvgIpc) is 2.26. The molecule has 0 rings (SSSR count). The zero-order valence-corrected chi connectivity index (χ0v) is 12.8. The van der Waals surface area contributed by atoms with Crippen molar-refractivity contribution in [1.82, 2.24) is 0 Å². The quantitative estimate of drug-likeness (QED) is 0.267. The molecule has 0 saturated heterocycles. The van der Waals surface area contributed by atoms with Gasteiger partial charge in [0.2, 0.25) is 6.54 Å². The molecule has 0 amide bonds. The van der Waals surface area contributed by atoms with Gasteiger partial charge < -0.3 is 4.74 Å². The Bertz CT molecular complexity index is 353. The lowest BCUT2D eigenvalue weighted by atomic mass is 9.80. The summed E-state index contributed by atoms with van der Waals surface area (Å²) in [5, 5.41) is 10.8. The Morgan fingerprint density at radius 1 is 1.30 bits per heavy atom. The lowest BCUT2D eigenvalue weighted by molar-refractivity contribution is -0.493. The van der Waals surface area contributed by atoms with Crippen molar-refractivity contribution in [3.8, 4) is 0 Å². The highest BCUT2D eigenvalue weighted by atomic mass is 16.6. The van der Waals surface area contributed by atoms with Gasteiger partial charge in [-0.15, -0.1) is 0 Å². The second-order valence-electron chi connectivity index (χ2n) is 5.65. The maximum atomic E-state index is 12.2. The number of nitro groups is 1. The molecule has 0 saturated carbocycles. The largest absolute Gasteiger partial charge is 0.463 e. The van der Waals surface area contributed by atoms with Crippen molar-refractivity contribution in [1.29, 1.82) is 0 Å². The van der Waals surface area contributed by atoms with E-state index in [1.807, 2.05) is 6.92 Å². The Kier molecular flexibility index (Phi) is 8.03. The van der Waals surface area contributed by atoms with Crippen LogP contribution in [0.4, 0.5) is 0 Å². The number of hydrogen-bond acceptors (Lipinski definition) is 5. The zero-order valence-electron chi connectivity index (χ0n) is 12.8. The lowest BCUT2D eigenvalue weighted by Gasteiger charge is -2.23. The van der Waals surface area contributed by atoms with E-state index in [1.165, 1.54) is 6.92 Å². The molecule has 0 aliphatic carbocycles. The second-order valence-corrected chi connectivity index (χ2v) is 5.65. The van der Waals surface area contributed by atoms with Crippen LogP contribution in [0.15, 0.2) is 0 Å². The summed E-state index contributed by atoms with van der Waals surface area (Å²) < 4.78 is 4.99. The van der Waals surface area contributed by atoms with Crippen molar-refractivity contribution < 1.29 is 19.2 Å². The van der Waals surface area contributed by atoms with E-state index in [9.17, 15) is 19.7 Å². The van der Waals surface area contributed by atoms with Gasteiger partial charge in [0, 0.05) is 11.3 Å². The van der Waals surface area contributed by atoms with Gasteiger partial charge in [-0.25, -0.2) is 0 Å². The van der Waals surface area contributed by atoms with Gasteiger partial charge >= 0.3 is 5.97 Å². The Morgan fingerprint density at radius 3 is 2.35 bits per heavy atom. The van der Waals surface area contributed by atoms with Crippen LogP contribution in [0.3, 0.4) is 0 Å². The molecule has 0 aromatic carbocycles. The van der Waals surface area contributed by atoms with Crippen LogP contribution in [-0.4, -0.2) is 29.3 Å². The molecule has 0 heterocycles. The third-order valence-electron chi connectivity index (χ3n) is 3.06. The first-order valence-electron chi connectivity index (χ1n) is 7.06. The molecule has 20 heavy (non-hydrogen) atoms. The molecule has 0 aromatic rings. The van der Waals surface area contributed by atoms with Crippen LogP contribution >= 0.6 is 0 Å². The molecule has 0 spiro atoms. The first-order valence-corrected chi connectivity index (χ1v) is 7.06. The van der Waals surface area contributed by atoms with Crippen molar-refractivity contribution in [2.75, 3.05) is 6.54 Å². The number of carbonyl (C=O) groups is 2. The number of unbranched alkanes of at least 4 members (excludes halogenated alkanes) is 2. The standard InChI is InChI=1S/C14H25NO5/c1-5-6-7-8-12(16)14(4,10-15(18)19)9-13(17)20-11(2)3/h11H,5-10H2,1-4H3. The normalized spacial score (nSPS) is 13.8.